The highest BCUT2D eigenvalue weighted by molar-refractivity contribution is 6.12. The number of carbonyl (C=O) groups is 3. The Kier molecular flexibility index (Phi) is 5.93. The van der Waals surface area contributed by atoms with Crippen molar-refractivity contribution in [1.29, 1.82) is 0 Å². The second kappa shape index (κ2) is 8.69. The van der Waals surface area contributed by atoms with Crippen LogP contribution in [0.3, 0.4) is 0 Å². The number of hydrogen-bond acceptors (Lipinski definition) is 8. The van der Waals surface area contributed by atoms with E-state index >= 15 is 0 Å². The van der Waals surface area contributed by atoms with Crippen LogP contribution in [0.25, 0.3) is 11.0 Å². The molecule has 33 heavy (non-hydrogen) atoms. The number of benzene rings is 1. The monoisotopic (exact) mass is 451 g/mol. The Morgan fingerprint density at radius 3 is 2.64 bits per heavy atom. The van der Waals surface area contributed by atoms with Crippen LogP contribution in [0, 0.1) is 11.8 Å². The molecule has 2 heterocycles. The number of allylic oxidation sites excluding steroid dienone is 3. The van der Waals surface area contributed by atoms with Crippen molar-refractivity contribution in [3.05, 3.63) is 68.9 Å². The Balaban J connectivity index is 1.98. The van der Waals surface area contributed by atoms with Gasteiger partial charge in [0.1, 0.15) is 11.5 Å². The molecule has 0 bridgehead atoms. The Labute approximate surface area is 190 Å². The molecule has 0 unspecified atom stereocenters. The lowest BCUT2D eigenvalue weighted by Gasteiger charge is -2.37. The molecule has 4 rings (SSSR count). The third kappa shape index (κ3) is 3.65. The molecule has 2 aromatic rings. The third-order valence-corrected chi connectivity index (χ3v) is 6.26. The van der Waals surface area contributed by atoms with Crippen LogP contribution < -0.4 is 10.7 Å². The summed E-state index contributed by atoms with van der Waals surface area (Å²) in [6.45, 7) is 5.29. The number of carbonyl (C=O) groups excluding carboxylic acids is 3. The van der Waals surface area contributed by atoms with Crippen LogP contribution in [-0.4, -0.2) is 31.4 Å². The molecule has 1 aliphatic heterocycles. The van der Waals surface area contributed by atoms with Crippen LogP contribution in [0.2, 0.25) is 0 Å². The summed E-state index contributed by atoms with van der Waals surface area (Å²) in [5.74, 6) is -4.16. The van der Waals surface area contributed by atoms with E-state index in [0.29, 0.717) is 28.8 Å². The van der Waals surface area contributed by atoms with Gasteiger partial charge >= 0.3 is 11.9 Å². The van der Waals surface area contributed by atoms with Crippen molar-refractivity contribution in [1.82, 2.24) is 5.32 Å². The van der Waals surface area contributed by atoms with Gasteiger partial charge < -0.3 is 19.2 Å². The highest BCUT2D eigenvalue weighted by Crippen LogP contribution is 2.45. The average Bonchev–Trinajstić information content (AvgIpc) is 2.78. The SMILES string of the molecule is CCOC(=O)C1=C(C)NC2=C(C(=O)[C@@H](C(=O)OC)[C@H](C)C2)[C@H]1c1coc2ccccc2c1=O. The Morgan fingerprint density at radius 2 is 1.94 bits per heavy atom. The number of esters is 2. The zero-order chi connectivity index (χ0) is 23.9. The lowest BCUT2D eigenvalue weighted by Crippen LogP contribution is -2.44. The van der Waals surface area contributed by atoms with Gasteiger partial charge in [0.15, 0.2) is 11.2 Å². The summed E-state index contributed by atoms with van der Waals surface area (Å²) >= 11 is 0. The van der Waals surface area contributed by atoms with Crippen molar-refractivity contribution in [3.63, 3.8) is 0 Å². The van der Waals surface area contributed by atoms with Crippen LogP contribution in [0.5, 0.6) is 0 Å². The fourth-order valence-corrected chi connectivity index (χ4v) is 4.76. The van der Waals surface area contributed by atoms with Crippen LogP contribution in [0.4, 0.5) is 0 Å². The van der Waals surface area contributed by atoms with E-state index in [-0.39, 0.29) is 34.7 Å². The molecule has 0 saturated heterocycles. The predicted molar refractivity (Wildman–Crippen MR) is 119 cm³/mol. The topological polar surface area (TPSA) is 112 Å². The van der Waals surface area contributed by atoms with Crippen LogP contribution in [-0.2, 0) is 23.9 Å². The number of ketones is 1. The van der Waals surface area contributed by atoms with Crippen molar-refractivity contribution < 1.29 is 28.3 Å². The molecule has 1 aliphatic carbocycles. The normalized spacial score (nSPS) is 22.7. The van der Waals surface area contributed by atoms with Gasteiger partial charge in [-0.05, 0) is 38.3 Å². The molecule has 0 radical (unpaired) electrons. The van der Waals surface area contributed by atoms with Crippen molar-refractivity contribution >= 4 is 28.7 Å². The molecule has 8 nitrogen and oxygen atoms in total. The Hall–Kier alpha value is -3.68. The number of ether oxygens (including phenoxy) is 2. The van der Waals surface area contributed by atoms with E-state index in [9.17, 15) is 19.2 Å². The standard InChI is InChI=1S/C25H25NO7/c1-5-32-25(30)19-13(3)26-16-10-12(2)18(24(29)31-4)23(28)21(16)20(19)15-11-33-17-9-7-6-8-14(17)22(15)27/h6-9,11-12,18,20,26H,5,10H2,1-4H3/t12-,18+,20+/m1/s1. The Bertz CT molecular complexity index is 1280. The second-order valence-electron chi connectivity index (χ2n) is 8.27. The van der Waals surface area contributed by atoms with Crippen LogP contribution in [0.1, 0.15) is 38.7 Å². The number of hydrogen-bond donors (Lipinski definition) is 1. The summed E-state index contributed by atoms with van der Waals surface area (Å²) in [4.78, 5) is 52.6. The van der Waals surface area contributed by atoms with Gasteiger partial charge in [0.05, 0.1) is 36.9 Å². The lowest BCUT2D eigenvalue weighted by atomic mass is 9.69. The molecule has 1 aromatic carbocycles. The first-order valence-corrected chi connectivity index (χ1v) is 10.8. The van der Waals surface area contributed by atoms with E-state index in [2.05, 4.69) is 5.32 Å². The van der Waals surface area contributed by atoms with Crippen molar-refractivity contribution in [2.45, 2.75) is 33.1 Å². The van der Waals surface area contributed by atoms with E-state index < -0.39 is 29.6 Å². The fourth-order valence-electron chi connectivity index (χ4n) is 4.76. The maximum atomic E-state index is 13.7. The molecule has 172 valence electrons. The van der Waals surface area contributed by atoms with E-state index in [4.69, 9.17) is 13.9 Å². The van der Waals surface area contributed by atoms with Gasteiger partial charge in [-0.2, -0.15) is 0 Å². The summed E-state index contributed by atoms with van der Waals surface area (Å²) < 4.78 is 15.9. The molecule has 0 spiro atoms. The highest BCUT2D eigenvalue weighted by atomic mass is 16.5. The lowest BCUT2D eigenvalue weighted by molar-refractivity contribution is -0.151. The zero-order valence-corrected chi connectivity index (χ0v) is 18.9. The maximum Gasteiger partial charge on any atom is 0.336 e. The number of fused-ring (bicyclic) bond motifs is 1. The minimum absolute atomic E-state index is 0.121. The fraction of sp³-hybridized carbons (Fsp3) is 0.360. The largest absolute Gasteiger partial charge is 0.468 e. The van der Waals surface area contributed by atoms with Crippen molar-refractivity contribution in [2.75, 3.05) is 13.7 Å². The van der Waals surface area contributed by atoms with Gasteiger partial charge in [-0.1, -0.05) is 19.1 Å². The first kappa shape index (κ1) is 22.5. The number of dihydropyridines is 1. The molecule has 0 amide bonds. The van der Waals surface area contributed by atoms with Crippen molar-refractivity contribution in [3.8, 4) is 0 Å². The van der Waals surface area contributed by atoms with Gasteiger partial charge in [0.2, 0.25) is 0 Å². The molecular formula is C25H25NO7. The smallest absolute Gasteiger partial charge is 0.336 e. The summed E-state index contributed by atoms with van der Waals surface area (Å²) in [6.07, 6.45) is 1.67. The molecule has 2 aliphatic rings. The maximum absolute atomic E-state index is 13.7. The molecule has 3 atom stereocenters. The van der Waals surface area contributed by atoms with E-state index in [0.717, 1.165) is 0 Å². The minimum Gasteiger partial charge on any atom is -0.468 e. The van der Waals surface area contributed by atoms with Gasteiger partial charge in [-0.25, -0.2) is 4.79 Å². The average molecular weight is 451 g/mol. The number of para-hydroxylation sites is 1. The van der Waals surface area contributed by atoms with E-state index in [1.807, 2.05) is 0 Å². The molecule has 1 aromatic heterocycles. The highest BCUT2D eigenvalue weighted by Gasteiger charge is 2.48. The minimum atomic E-state index is -1.03. The molecule has 1 N–H and O–H groups in total. The van der Waals surface area contributed by atoms with Gasteiger partial charge in [-0.15, -0.1) is 0 Å². The summed E-state index contributed by atoms with van der Waals surface area (Å²) in [5, 5.41) is 3.49. The number of rotatable bonds is 4. The second-order valence-corrected chi connectivity index (χ2v) is 8.27. The molecule has 0 saturated carbocycles. The number of Topliss-reactive ketones (excluding diaryl/α,β-unsaturated/α-hetero) is 1. The Morgan fingerprint density at radius 1 is 1.21 bits per heavy atom. The summed E-state index contributed by atoms with van der Waals surface area (Å²) in [5.41, 5.74) is 1.58. The predicted octanol–water partition coefficient (Wildman–Crippen LogP) is 2.97. The number of methoxy groups -OCH3 is 1. The first-order valence-electron chi connectivity index (χ1n) is 10.8. The quantitative estimate of drug-likeness (QED) is 0.558. The van der Waals surface area contributed by atoms with Gasteiger partial charge in [0.25, 0.3) is 0 Å². The third-order valence-electron chi connectivity index (χ3n) is 6.26. The zero-order valence-electron chi connectivity index (χ0n) is 18.9. The summed E-state index contributed by atoms with van der Waals surface area (Å²) in [7, 11) is 1.23. The van der Waals surface area contributed by atoms with Gasteiger partial charge in [-0.3, -0.25) is 14.4 Å². The molecule has 0 fully saturated rings. The van der Waals surface area contributed by atoms with E-state index in [1.54, 1.807) is 45.0 Å². The first-order chi connectivity index (χ1) is 15.8. The molecule has 8 heteroatoms. The summed E-state index contributed by atoms with van der Waals surface area (Å²) in [6, 6.07) is 6.76. The van der Waals surface area contributed by atoms with E-state index in [1.165, 1.54) is 13.4 Å². The number of nitrogens with one attached hydrogen (secondary N) is 1. The molecular weight excluding hydrogens is 426 g/mol. The van der Waals surface area contributed by atoms with Gasteiger partial charge in [0, 0.05) is 22.5 Å². The van der Waals surface area contributed by atoms with Crippen molar-refractivity contribution in [2.24, 2.45) is 11.8 Å². The van der Waals surface area contributed by atoms with Crippen LogP contribution >= 0.6 is 0 Å². The van der Waals surface area contributed by atoms with Crippen LogP contribution in [0.15, 0.2) is 62.3 Å².